The third-order valence-electron chi connectivity index (χ3n) is 3.27. The zero-order valence-corrected chi connectivity index (χ0v) is 10.9. The van der Waals surface area contributed by atoms with Crippen LogP contribution in [0.15, 0.2) is 18.3 Å². The van der Waals surface area contributed by atoms with Crippen molar-refractivity contribution in [3.8, 4) is 0 Å². The Hall–Kier alpha value is -1.09. The first kappa shape index (κ1) is 12.4. The Labute approximate surface area is 104 Å². The summed E-state index contributed by atoms with van der Waals surface area (Å²) in [6.45, 7) is 8.47. The zero-order chi connectivity index (χ0) is 12.1. The van der Waals surface area contributed by atoms with Crippen LogP contribution in [0.25, 0.3) is 0 Å². The molecule has 1 aliphatic rings. The molecule has 0 radical (unpaired) electrons. The number of pyridine rings is 1. The van der Waals surface area contributed by atoms with Crippen molar-refractivity contribution in [1.29, 1.82) is 0 Å². The molecule has 1 saturated carbocycles. The maximum absolute atomic E-state index is 4.57. The quantitative estimate of drug-likeness (QED) is 0.784. The van der Waals surface area contributed by atoms with Crippen molar-refractivity contribution in [1.82, 2.24) is 10.3 Å². The smallest absolute Gasteiger partial charge is 0.128 e. The van der Waals surface area contributed by atoms with Crippen LogP contribution in [0.4, 0.5) is 5.82 Å². The Balaban J connectivity index is 1.94. The van der Waals surface area contributed by atoms with Crippen molar-refractivity contribution >= 4 is 5.82 Å². The van der Waals surface area contributed by atoms with E-state index in [9.17, 15) is 0 Å². The molecule has 1 heterocycles. The fourth-order valence-corrected chi connectivity index (χ4v) is 1.97. The number of rotatable bonds is 7. The fraction of sp³-hybridized carbons (Fsp3) is 0.643. The topological polar surface area (TPSA) is 28.2 Å². The van der Waals surface area contributed by atoms with Gasteiger partial charge in [0.1, 0.15) is 5.82 Å². The summed E-state index contributed by atoms with van der Waals surface area (Å²) in [7, 11) is 0. The number of aromatic nitrogens is 1. The molecule has 94 valence electrons. The normalized spacial score (nSPS) is 14.9. The van der Waals surface area contributed by atoms with E-state index in [2.05, 4.69) is 41.2 Å². The standard InChI is InChI=1S/C14H23N3/c1-3-15-9-13-7-8-14(16-10-13)17(4-2)11-12-5-6-12/h7-8,10,12,15H,3-6,9,11H2,1-2H3. The van der Waals surface area contributed by atoms with Crippen LogP contribution in [0.2, 0.25) is 0 Å². The van der Waals surface area contributed by atoms with Crippen molar-refractivity contribution in [2.45, 2.75) is 33.2 Å². The first-order valence-electron chi connectivity index (χ1n) is 6.74. The Kier molecular flexibility index (Phi) is 4.37. The van der Waals surface area contributed by atoms with Gasteiger partial charge in [-0.25, -0.2) is 4.98 Å². The van der Waals surface area contributed by atoms with Gasteiger partial charge in [0.15, 0.2) is 0 Å². The largest absolute Gasteiger partial charge is 0.357 e. The predicted molar refractivity (Wildman–Crippen MR) is 72.2 cm³/mol. The average Bonchev–Trinajstić information content (AvgIpc) is 3.18. The van der Waals surface area contributed by atoms with Gasteiger partial charge in [-0.15, -0.1) is 0 Å². The molecule has 1 aromatic rings. The number of anilines is 1. The summed E-state index contributed by atoms with van der Waals surface area (Å²) in [6, 6.07) is 4.33. The van der Waals surface area contributed by atoms with E-state index in [4.69, 9.17) is 0 Å². The molecule has 0 bridgehead atoms. The predicted octanol–water partition coefficient (Wildman–Crippen LogP) is 2.43. The summed E-state index contributed by atoms with van der Waals surface area (Å²) >= 11 is 0. The third kappa shape index (κ3) is 3.70. The van der Waals surface area contributed by atoms with Crippen LogP contribution in [-0.2, 0) is 6.54 Å². The molecule has 1 aromatic heterocycles. The van der Waals surface area contributed by atoms with Gasteiger partial charge in [0, 0.05) is 25.8 Å². The molecule has 0 amide bonds. The highest BCUT2D eigenvalue weighted by molar-refractivity contribution is 5.39. The lowest BCUT2D eigenvalue weighted by Crippen LogP contribution is -2.26. The van der Waals surface area contributed by atoms with Crippen molar-refractivity contribution in [3.05, 3.63) is 23.9 Å². The van der Waals surface area contributed by atoms with Gasteiger partial charge in [0.2, 0.25) is 0 Å². The Morgan fingerprint density at radius 1 is 1.35 bits per heavy atom. The van der Waals surface area contributed by atoms with E-state index in [1.165, 1.54) is 24.9 Å². The van der Waals surface area contributed by atoms with Crippen molar-refractivity contribution < 1.29 is 0 Å². The Morgan fingerprint density at radius 2 is 2.18 bits per heavy atom. The van der Waals surface area contributed by atoms with Crippen LogP contribution >= 0.6 is 0 Å². The number of nitrogens with zero attached hydrogens (tertiary/aromatic N) is 2. The second kappa shape index (κ2) is 6.01. The van der Waals surface area contributed by atoms with Crippen LogP contribution in [0, 0.1) is 5.92 Å². The monoisotopic (exact) mass is 233 g/mol. The minimum Gasteiger partial charge on any atom is -0.357 e. The summed E-state index contributed by atoms with van der Waals surface area (Å²) in [6.07, 6.45) is 4.79. The molecule has 2 rings (SSSR count). The van der Waals surface area contributed by atoms with Gasteiger partial charge >= 0.3 is 0 Å². The van der Waals surface area contributed by atoms with E-state index < -0.39 is 0 Å². The van der Waals surface area contributed by atoms with Gasteiger partial charge in [-0.1, -0.05) is 13.0 Å². The first-order valence-corrected chi connectivity index (χ1v) is 6.74. The molecule has 1 N–H and O–H groups in total. The minimum absolute atomic E-state index is 0.915. The molecular weight excluding hydrogens is 210 g/mol. The minimum atomic E-state index is 0.915. The number of hydrogen-bond acceptors (Lipinski definition) is 3. The fourth-order valence-electron chi connectivity index (χ4n) is 1.97. The van der Waals surface area contributed by atoms with Crippen molar-refractivity contribution in [2.75, 3.05) is 24.5 Å². The van der Waals surface area contributed by atoms with Gasteiger partial charge in [0.05, 0.1) is 0 Å². The number of nitrogens with one attached hydrogen (secondary N) is 1. The van der Waals surface area contributed by atoms with Crippen molar-refractivity contribution in [2.24, 2.45) is 5.92 Å². The molecule has 0 unspecified atom stereocenters. The molecule has 1 fully saturated rings. The highest BCUT2D eigenvalue weighted by atomic mass is 15.2. The van der Waals surface area contributed by atoms with E-state index in [1.807, 2.05) is 6.20 Å². The highest BCUT2D eigenvalue weighted by Gasteiger charge is 2.24. The lowest BCUT2D eigenvalue weighted by molar-refractivity contribution is 0.716. The van der Waals surface area contributed by atoms with Gasteiger partial charge in [0.25, 0.3) is 0 Å². The molecule has 3 heteroatoms. The molecule has 0 atom stereocenters. The Morgan fingerprint density at radius 3 is 2.71 bits per heavy atom. The van der Waals surface area contributed by atoms with Crippen LogP contribution in [0.3, 0.4) is 0 Å². The summed E-state index contributed by atoms with van der Waals surface area (Å²) in [5.41, 5.74) is 1.26. The molecule has 0 aliphatic heterocycles. The second-order valence-corrected chi connectivity index (χ2v) is 4.79. The zero-order valence-electron chi connectivity index (χ0n) is 10.9. The average molecular weight is 233 g/mol. The molecular formula is C14H23N3. The lowest BCUT2D eigenvalue weighted by atomic mass is 10.2. The van der Waals surface area contributed by atoms with Crippen LogP contribution in [0.1, 0.15) is 32.3 Å². The number of hydrogen-bond donors (Lipinski definition) is 1. The molecule has 0 saturated heterocycles. The van der Waals surface area contributed by atoms with Crippen LogP contribution in [-0.4, -0.2) is 24.6 Å². The first-order chi connectivity index (χ1) is 8.33. The molecule has 0 aromatic carbocycles. The lowest BCUT2D eigenvalue weighted by Gasteiger charge is -2.21. The summed E-state index contributed by atoms with van der Waals surface area (Å²) in [4.78, 5) is 6.95. The SMILES string of the molecule is CCNCc1ccc(N(CC)CC2CC2)nc1. The van der Waals surface area contributed by atoms with E-state index in [1.54, 1.807) is 0 Å². The van der Waals surface area contributed by atoms with Gasteiger partial charge in [-0.05, 0) is 43.9 Å². The maximum atomic E-state index is 4.57. The van der Waals surface area contributed by atoms with Crippen LogP contribution < -0.4 is 10.2 Å². The second-order valence-electron chi connectivity index (χ2n) is 4.79. The maximum Gasteiger partial charge on any atom is 0.128 e. The molecule has 0 spiro atoms. The summed E-state index contributed by atoms with van der Waals surface area (Å²) in [5, 5.41) is 3.32. The highest BCUT2D eigenvalue weighted by Crippen LogP contribution is 2.30. The van der Waals surface area contributed by atoms with E-state index in [0.29, 0.717) is 0 Å². The van der Waals surface area contributed by atoms with E-state index >= 15 is 0 Å². The van der Waals surface area contributed by atoms with Gasteiger partial charge in [-0.3, -0.25) is 0 Å². The van der Waals surface area contributed by atoms with E-state index in [-0.39, 0.29) is 0 Å². The Bertz CT molecular complexity index is 330. The molecule has 1 aliphatic carbocycles. The summed E-state index contributed by atoms with van der Waals surface area (Å²) < 4.78 is 0. The van der Waals surface area contributed by atoms with Crippen molar-refractivity contribution in [3.63, 3.8) is 0 Å². The van der Waals surface area contributed by atoms with Gasteiger partial charge < -0.3 is 10.2 Å². The third-order valence-corrected chi connectivity index (χ3v) is 3.27. The molecule has 17 heavy (non-hydrogen) atoms. The van der Waals surface area contributed by atoms with Gasteiger partial charge in [-0.2, -0.15) is 0 Å². The summed E-state index contributed by atoms with van der Waals surface area (Å²) in [5.74, 6) is 2.04. The van der Waals surface area contributed by atoms with E-state index in [0.717, 1.165) is 31.4 Å². The molecule has 3 nitrogen and oxygen atoms in total. The van der Waals surface area contributed by atoms with Crippen LogP contribution in [0.5, 0.6) is 0 Å².